The Labute approximate surface area is 472 Å². The van der Waals surface area contributed by atoms with E-state index in [0.29, 0.717) is 46.6 Å². The Morgan fingerprint density at radius 3 is 1.35 bits per heavy atom. The van der Waals surface area contributed by atoms with E-state index in [-0.39, 0.29) is 42.6 Å². The van der Waals surface area contributed by atoms with Crippen LogP contribution >= 0.6 is 11.1 Å². The molecule has 8 aliphatic rings. The summed E-state index contributed by atoms with van der Waals surface area (Å²) < 4.78 is 57.8. The van der Waals surface area contributed by atoms with Crippen LogP contribution in [0.2, 0.25) is 36.3 Å². The monoisotopic (exact) mass is 1150 g/mol. The lowest BCUT2D eigenvalue weighted by molar-refractivity contribution is -0.0209. The highest BCUT2D eigenvalue weighted by atomic mass is 35.6. The van der Waals surface area contributed by atoms with Gasteiger partial charge in [0.1, 0.15) is 0 Å². The van der Waals surface area contributed by atoms with E-state index in [2.05, 4.69) is 127 Å². The maximum absolute atomic E-state index is 12.8. The van der Waals surface area contributed by atoms with Crippen LogP contribution in [0.25, 0.3) is 0 Å². The number of allylic oxidation sites excluding steroid dienone is 2. The molecule has 0 spiro atoms. The topological polar surface area (TPSA) is 147 Å². The first-order valence-corrected chi connectivity index (χ1v) is 39.3. The lowest BCUT2D eigenvalue weighted by Crippen LogP contribution is -2.52. The van der Waals surface area contributed by atoms with E-state index in [4.69, 9.17) is 15.5 Å². The van der Waals surface area contributed by atoms with Crippen molar-refractivity contribution in [2.24, 2.45) is 67.4 Å². The highest BCUT2D eigenvalue weighted by Crippen LogP contribution is 2.66. The van der Waals surface area contributed by atoms with E-state index >= 15 is 0 Å². The van der Waals surface area contributed by atoms with Gasteiger partial charge in [-0.1, -0.05) is 142 Å². The van der Waals surface area contributed by atoms with Crippen molar-refractivity contribution in [2.45, 2.75) is 230 Å². The van der Waals surface area contributed by atoms with Crippen LogP contribution in [-0.4, -0.2) is 61.3 Å². The SMILES string of the molecule is CC(C)(C)[Si](C)(C)Cl.CC(C)(C)[Si](C)(C)O[C@H]1CC[C@@]2(C)C(=CCC3C2CC[C@]2(C)/C(=N/NS(=O)(=O)c4ccccc4)CCC32)C1.C[C@]12CC[C@H](O)CC1=CCC1C2CC[C@]2(C)/C(=N/NS(=O)(=O)c3ccccc3)CCC12. The maximum Gasteiger partial charge on any atom is 0.276 e. The summed E-state index contributed by atoms with van der Waals surface area (Å²) in [5, 5.41) is 19.8. The van der Waals surface area contributed by atoms with Gasteiger partial charge in [0.25, 0.3) is 20.0 Å². The number of hydrazone groups is 2. The Morgan fingerprint density at radius 1 is 0.571 bits per heavy atom. The van der Waals surface area contributed by atoms with Crippen molar-refractivity contribution in [2.75, 3.05) is 0 Å². The van der Waals surface area contributed by atoms with Gasteiger partial charge in [-0.25, -0.2) is 9.66 Å². The maximum atomic E-state index is 12.8. The molecule has 3 N–H and O–H groups in total. The number of rotatable bonds is 8. The summed E-state index contributed by atoms with van der Waals surface area (Å²) in [7, 11) is -10.4. The summed E-state index contributed by atoms with van der Waals surface area (Å²) in [6, 6.07) is 17.0. The van der Waals surface area contributed by atoms with Crippen LogP contribution in [-0.2, 0) is 24.5 Å². The summed E-state index contributed by atoms with van der Waals surface area (Å²) in [6.07, 6.45) is 22.2. The lowest BCUT2D eigenvalue weighted by Gasteiger charge is -2.57. The van der Waals surface area contributed by atoms with Crippen molar-refractivity contribution in [1.29, 1.82) is 0 Å². The molecule has 0 radical (unpaired) electrons. The van der Waals surface area contributed by atoms with Gasteiger partial charge in [0.2, 0.25) is 0 Å². The van der Waals surface area contributed by atoms with Crippen LogP contribution in [0, 0.1) is 57.2 Å². The number of halogens is 1. The molecule has 0 heterocycles. The molecule has 8 aliphatic carbocycles. The van der Waals surface area contributed by atoms with E-state index in [1.165, 1.54) is 24.8 Å². The molecule has 0 aromatic heterocycles. The van der Waals surface area contributed by atoms with Crippen LogP contribution < -0.4 is 9.66 Å². The number of nitrogens with one attached hydrogen (secondary N) is 2. The van der Waals surface area contributed by atoms with Crippen molar-refractivity contribution in [3.8, 4) is 0 Å². The van der Waals surface area contributed by atoms with Gasteiger partial charge in [0.05, 0.1) is 15.9 Å². The molecule has 10 nitrogen and oxygen atoms in total. The number of sulfonamides is 2. The Bertz CT molecular complexity index is 2790. The Balaban J connectivity index is 0.000000181. The fourth-order valence-electron chi connectivity index (χ4n) is 15.4. The Hall–Kier alpha value is -2.60. The summed E-state index contributed by atoms with van der Waals surface area (Å²) in [6.45, 7) is 32.4. The summed E-state index contributed by atoms with van der Waals surface area (Å²) >= 11 is 6.15. The van der Waals surface area contributed by atoms with Crippen molar-refractivity contribution in [1.82, 2.24) is 9.66 Å². The second-order valence-electron chi connectivity index (χ2n) is 28.8. The molecular weight excluding hydrogens is 1050 g/mol. The summed E-state index contributed by atoms with van der Waals surface area (Å²) in [5.41, 5.74) is 5.64. The fraction of sp³-hybridized carbons (Fsp3) is 0.710. The third kappa shape index (κ3) is 12.0. The van der Waals surface area contributed by atoms with Crippen LogP contribution in [0.15, 0.2) is 104 Å². The molecule has 10 rings (SSSR count). The first-order chi connectivity index (χ1) is 35.7. The van der Waals surface area contributed by atoms with Gasteiger partial charge in [-0.05, 0) is 197 Å². The molecule has 12 atom stereocenters. The number of aliphatic hydroxyl groups excluding tert-OH is 1. The summed E-state index contributed by atoms with van der Waals surface area (Å²) in [5.74, 6) is 3.76. The van der Waals surface area contributed by atoms with Gasteiger partial charge < -0.3 is 9.53 Å². The molecule has 6 saturated carbocycles. The van der Waals surface area contributed by atoms with Crippen molar-refractivity contribution in [3.05, 3.63) is 84.0 Å². The number of fused-ring (bicyclic) bond motifs is 10. The van der Waals surface area contributed by atoms with Gasteiger partial charge in [0.15, 0.2) is 15.7 Å². The average molecular weight is 1150 g/mol. The third-order valence-corrected chi connectivity index (χ3v) is 34.6. The molecule has 0 aliphatic heterocycles. The third-order valence-electron chi connectivity index (χ3n) is 22.4. The molecule has 2 aromatic carbocycles. The standard InChI is InChI=1S/C31H48N2O3SSi.C25H34N2O3S.C6H15ClSi/c1-29(2,3)38(6,7)36-23-17-19-30(4)22(21-23)13-14-25-26-15-16-28(31(26,5)20-18-27(25)30)32-33-37(34,35)24-11-9-8-10-12-24;1-24-14-12-18(28)16-17(24)8-9-20-21-10-11-23(25(21,2)15-13-22(20)24)26-27-31(29,30)19-6-4-3-5-7-19;1-6(2,3)8(4,5)7/h8-13,23,25-27,33H,14-21H2,1-7H3;3-8,18,20-22,27-28H,9-16H2,1-2H3;1-5H3/b32-28+;26-23+;/t23-,25?,26?,27?,30-,31-;18-,20?,21?,22?,24-,25-;/m00./s1. The quantitative estimate of drug-likeness (QED) is 0.104. The zero-order chi connectivity index (χ0) is 56.4. The van der Waals surface area contributed by atoms with Gasteiger partial charge >= 0.3 is 0 Å². The van der Waals surface area contributed by atoms with Crippen molar-refractivity contribution >= 4 is 58.2 Å². The van der Waals surface area contributed by atoms with Gasteiger partial charge in [-0.15, -0.1) is 0 Å². The normalized spacial score (nSPS) is 36.2. The highest BCUT2D eigenvalue weighted by Gasteiger charge is 2.60. The number of aliphatic hydroxyl groups is 1. The first-order valence-electron chi connectivity index (χ1n) is 29.4. The van der Waals surface area contributed by atoms with E-state index < -0.39 is 35.7 Å². The minimum absolute atomic E-state index is 0.0231. The van der Waals surface area contributed by atoms with Crippen LogP contribution in [0.3, 0.4) is 0 Å². The van der Waals surface area contributed by atoms with Crippen molar-refractivity contribution < 1.29 is 26.4 Å². The molecule has 0 bridgehead atoms. The number of hydrogen-bond donors (Lipinski definition) is 3. The minimum atomic E-state index is -3.65. The molecule has 6 unspecified atom stereocenters. The molecule has 0 saturated heterocycles. The number of hydrogen-bond acceptors (Lipinski definition) is 8. The van der Waals surface area contributed by atoms with Crippen LogP contribution in [0.1, 0.15) is 172 Å². The number of nitrogens with zero attached hydrogens (tertiary/aromatic N) is 2. The lowest BCUT2D eigenvalue weighted by atomic mass is 9.48. The molecule has 6 fully saturated rings. The predicted octanol–water partition coefficient (Wildman–Crippen LogP) is 15.5. The van der Waals surface area contributed by atoms with Crippen molar-refractivity contribution in [3.63, 3.8) is 0 Å². The summed E-state index contributed by atoms with van der Waals surface area (Å²) in [4.78, 5) is 5.61. The zero-order valence-corrected chi connectivity index (χ0v) is 53.8. The average Bonchev–Trinajstić information content (AvgIpc) is 3.90. The van der Waals surface area contributed by atoms with Gasteiger partial charge in [0, 0.05) is 28.4 Å². The second kappa shape index (κ2) is 22.0. The predicted molar refractivity (Wildman–Crippen MR) is 323 cm³/mol. The molecule has 0 amide bonds. The van der Waals surface area contributed by atoms with E-state index in [0.717, 1.165) is 94.9 Å². The van der Waals surface area contributed by atoms with Gasteiger partial charge in [-0.3, -0.25) is 0 Å². The highest BCUT2D eigenvalue weighted by molar-refractivity contribution is 7.89. The van der Waals surface area contributed by atoms with Gasteiger partial charge in [-0.2, -0.15) is 38.1 Å². The molecule has 15 heteroatoms. The largest absolute Gasteiger partial charge is 0.414 e. The molecule has 428 valence electrons. The Kier molecular flexibility index (Phi) is 17.2. The molecule has 77 heavy (non-hydrogen) atoms. The van der Waals surface area contributed by atoms with E-state index in [1.807, 2.05) is 12.1 Å². The fourth-order valence-corrected chi connectivity index (χ4v) is 18.5. The minimum Gasteiger partial charge on any atom is -0.414 e. The van der Waals surface area contributed by atoms with Crippen LogP contribution in [0.4, 0.5) is 0 Å². The smallest absolute Gasteiger partial charge is 0.276 e. The Morgan fingerprint density at radius 2 is 0.948 bits per heavy atom. The van der Waals surface area contributed by atoms with Crippen LogP contribution in [0.5, 0.6) is 0 Å². The van der Waals surface area contributed by atoms with E-state index in [1.54, 1.807) is 54.1 Å². The molecular formula is C62H97ClN4O6S2Si2. The zero-order valence-electron chi connectivity index (χ0n) is 49.4. The molecule has 2 aromatic rings. The second-order valence-corrected chi connectivity index (χ2v) is 44.2. The first kappa shape index (κ1) is 60.5. The van der Waals surface area contributed by atoms with E-state index in [9.17, 15) is 21.9 Å². The number of benzene rings is 2.